The molecule has 2 aromatic rings. The summed E-state index contributed by atoms with van der Waals surface area (Å²) < 4.78 is 4.60. The number of nitrogen functional groups attached to an aromatic ring is 1. The van der Waals surface area contributed by atoms with Crippen LogP contribution in [0.5, 0.6) is 0 Å². The van der Waals surface area contributed by atoms with Crippen molar-refractivity contribution in [2.24, 2.45) is 0 Å². The molecule has 2 rings (SSSR count). The number of aromatic nitrogens is 4. The van der Waals surface area contributed by atoms with Crippen molar-refractivity contribution in [1.29, 1.82) is 0 Å². The van der Waals surface area contributed by atoms with Crippen molar-refractivity contribution in [3.63, 3.8) is 0 Å². The van der Waals surface area contributed by atoms with Gasteiger partial charge in [0.1, 0.15) is 0 Å². The zero-order valence-electron chi connectivity index (χ0n) is 8.47. The SMILES string of the molecule is COC(=O)c1cc(N)cc(-c2nn[nH]n2)c1. The highest BCUT2D eigenvalue weighted by Gasteiger charge is 2.10. The van der Waals surface area contributed by atoms with Gasteiger partial charge in [0.15, 0.2) is 0 Å². The highest BCUT2D eigenvalue weighted by Crippen LogP contribution is 2.20. The molecule has 1 heterocycles. The van der Waals surface area contributed by atoms with Gasteiger partial charge in [-0.15, -0.1) is 10.2 Å². The number of methoxy groups -OCH3 is 1. The number of ether oxygens (including phenoxy) is 1. The van der Waals surface area contributed by atoms with Gasteiger partial charge in [-0.25, -0.2) is 4.79 Å². The van der Waals surface area contributed by atoms with Gasteiger partial charge in [-0.05, 0) is 23.4 Å². The van der Waals surface area contributed by atoms with Crippen molar-refractivity contribution in [3.05, 3.63) is 23.8 Å². The Bertz CT molecular complexity index is 509. The first-order chi connectivity index (χ1) is 7.70. The highest BCUT2D eigenvalue weighted by molar-refractivity contribution is 5.92. The number of tetrazole rings is 1. The van der Waals surface area contributed by atoms with E-state index >= 15 is 0 Å². The lowest BCUT2D eigenvalue weighted by Crippen LogP contribution is -2.02. The Labute approximate surface area is 90.6 Å². The van der Waals surface area contributed by atoms with Crippen molar-refractivity contribution in [1.82, 2.24) is 20.6 Å². The van der Waals surface area contributed by atoms with Crippen LogP contribution in [-0.4, -0.2) is 33.7 Å². The molecule has 0 atom stereocenters. The van der Waals surface area contributed by atoms with Gasteiger partial charge < -0.3 is 10.5 Å². The van der Waals surface area contributed by atoms with Gasteiger partial charge in [-0.3, -0.25) is 0 Å². The van der Waals surface area contributed by atoms with E-state index in [1.54, 1.807) is 12.1 Å². The Hall–Kier alpha value is -2.44. The number of rotatable bonds is 2. The molecule has 1 aromatic heterocycles. The van der Waals surface area contributed by atoms with E-state index in [1.807, 2.05) is 0 Å². The van der Waals surface area contributed by atoms with Crippen molar-refractivity contribution >= 4 is 11.7 Å². The first-order valence-corrected chi connectivity index (χ1v) is 4.43. The van der Waals surface area contributed by atoms with Crippen LogP contribution in [-0.2, 0) is 4.74 Å². The number of nitrogens with one attached hydrogen (secondary N) is 1. The van der Waals surface area contributed by atoms with E-state index in [9.17, 15) is 4.79 Å². The zero-order chi connectivity index (χ0) is 11.5. The maximum Gasteiger partial charge on any atom is 0.337 e. The van der Waals surface area contributed by atoms with E-state index in [4.69, 9.17) is 5.73 Å². The number of nitrogens with two attached hydrogens (primary N) is 1. The normalized spacial score (nSPS) is 10.1. The fraction of sp³-hybridized carbons (Fsp3) is 0.111. The van der Waals surface area contributed by atoms with Gasteiger partial charge in [0.25, 0.3) is 0 Å². The minimum Gasteiger partial charge on any atom is -0.465 e. The molecular formula is C9H9N5O2. The van der Waals surface area contributed by atoms with Crippen LogP contribution in [0.2, 0.25) is 0 Å². The lowest BCUT2D eigenvalue weighted by atomic mass is 10.1. The van der Waals surface area contributed by atoms with Crippen LogP contribution in [0.4, 0.5) is 5.69 Å². The predicted molar refractivity (Wildman–Crippen MR) is 55.4 cm³/mol. The van der Waals surface area contributed by atoms with Crippen molar-refractivity contribution in [2.75, 3.05) is 12.8 Å². The molecule has 7 heteroatoms. The number of carbonyl (C=O) groups excluding carboxylic acids is 1. The molecule has 7 nitrogen and oxygen atoms in total. The van der Waals surface area contributed by atoms with Crippen molar-refractivity contribution in [2.45, 2.75) is 0 Å². The third-order valence-electron chi connectivity index (χ3n) is 1.98. The first kappa shape index (κ1) is 10.1. The molecular weight excluding hydrogens is 210 g/mol. The van der Waals surface area contributed by atoms with Gasteiger partial charge in [0.2, 0.25) is 5.82 Å². The summed E-state index contributed by atoms with van der Waals surface area (Å²) in [6.45, 7) is 0. The lowest BCUT2D eigenvalue weighted by Gasteiger charge is -2.03. The maximum absolute atomic E-state index is 11.3. The Morgan fingerprint density at radius 2 is 2.25 bits per heavy atom. The lowest BCUT2D eigenvalue weighted by molar-refractivity contribution is 0.0601. The molecule has 0 amide bonds. The van der Waals surface area contributed by atoms with E-state index in [0.29, 0.717) is 22.6 Å². The standard InChI is InChI=1S/C9H9N5O2/c1-16-9(15)6-2-5(3-7(10)4-6)8-11-13-14-12-8/h2-4H,10H2,1H3,(H,11,12,13,14). The van der Waals surface area contributed by atoms with E-state index < -0.39 is 5.97 Å². The predicted octanol–water partition coefficient (Wildman–Crippen LogP) is 0.235. The zero-order valence-corrected chi connectivity index (χ0v) is 8.47. The van der Waals surface area contributed by atoms with Crippen LogP contribution >= 0.6 is 0 Å². The molecule has 0 saturated carbocycles. The van der Waals surface area contributed by atoms with Crippen LogP contribution in [0.1, 0.15) is 10.4 Å². The summed E-state index contributed by atoms with van der Waals surface area (Å²) in [5.74, 6) is -0.0884. The molecule has 0 saturated heterocycles. The second kappa shape index (κ2) is 3.97. The summed E-state index contributed by atoms with van der Waals surface area (Å²) in [5, 5.41) is 13.4. The van der Waals surface area contributed by atoms with Gasteiger partial charge in [-0.1, -0.05) is 0 Å². The van der Waals surface area contributed by atoms with Gasteiger partial charge in [0, 0.05) is 11.3 Å². The van der Waals surface area contributed by atoms with Crippen molar-refractivity contribution < 1.29 is 9.53 Å². The first-order valence-electron chi connectivity index (χ1n) is 4.43. The summed E-state index contributed by atoms with van der Waals surface area (Å²) in [6, 6.07) is 4.76. The Morgan fingerprint density at radius 3 is 2.88 bits per heavy atom. The van der Waals surface area contributed by atoms with E-state index in [1.165, 1.54) is 13.2 Å². The number of H-pyrrole nitrogens is 1. The van der Waals surface area contributed by atoms with E-state index in [0.717, 1.165) is 0 Å². The maximum atomic E-state index is 11.3. The van der Waals surface area contributed by atoms with E-state index in [-0.39, 0.29) is 0 Å². The van der Waals surface area contributed by atoms with Gasteiger partial charge in [-0.2, -0.15) is 5.21 Å². The Kier molecular flexibility index (Phi) is 2.50. The molecule has 0 fully saturated rings. The number of carbonyl (C=O) groups is 1. The largest absolute Gasteiger partial charge is 0.465 e. The molecule has 0 aliphatic carbocycles. The quantitative estimate of drug-likeness (QED) is 0.553. The molecule has 0 radical (unpaired) electrons. The monoisotopic (exact) mass is 219 g/mol. The van der Waals surface area contributed by atoms with Crippen LogP contribution in [0.3, 0.4) is 0 Å². The number of hydrogen-bond donors (Lipinski definition) is 2. The van der Waals surface area contributed by atoms with E-state index in [2.05, 4.69) is 25.4 Å². The average Bonchev–Trinajstić information content (AvgIpc) is 2.80. The topological polar surface area (TPSA) is 107 Å². The summed E-state index contributed by atoms with van der Waals surface area (Å²) in [6.07, 6.45) is 0. The Balaban J connectivity index is 2.48. The fourth-order valence-corrected chi connectivity index (χ4v) is 1.30. The molecule has 0 aliphatic heterocycles. The molecule has 0 spiro atoms. The third kappa shape index (κ3) is 1.83. The fourth-order valence-electron chi connectivity index (χ4n) is 1.30. The number of esters is 1. The average molecular weight is 219 g/mol. The molecule has 3 N–H and O–H groups in total. The van der Waals surface area contributed by atoms with Crippen LogP contribution < -0.4 is 5.73 Å². The number of aromatic amines is 1. The Morgan fingerprint density at radius 1 is 1.44 bits per heavy atom. The summed E-state index contributed by atoms with van der Waals surface area (Å²) in [4.78, 5) is 11.3. The second-order valence-electron chi connectivity index (χ2n) is 3.07. The van der Waals surface area contributed by atoms with Crippen LogP contribution in [0.15, 0.2) is 18.2 Å². The number of nitrogens with zero attached hydrogens (tertiary/aromatic N) is 3. The minimum absolute atomic E-state index is 0.349. The molecule has 16 heavy (non-hydrogen) atoms. The molecule has 0 bridgehead atoms. The third-order valence-corrected chi connectivity index (χ3v) is 1.98. The van der Waals surface area contributed by atoms with Gasteiger partial charge >= 0.3 is 5.97 Å². The van der Waals surface area contributed by atoms with Gasteiger partial charge in [0.05, 0.1) is 12.7 Å². The molecule has 0 aliphatic rings. The molecule has 0 unspecified atom stereocenters. The highest BCUT2D eigenvalue weighted by atomic mass is 16.5. The number of hydrogen-bond acceptors (Lipinski definition) is 6. The summed E-state index contributed by atoms with van der Waals surface area (Å²) in [7, 11) is 1.31. The summed E-state index contributed by atoms with van der Waals surface area (Å²) in [5.41, 5.74) is 7.05. The number of anilines is 1. The molecule has 82 valence electrons. The van der Waals surface area contributed by atoms with Crippen LogP contribution in [0.25, 0.3) is 11.4 Å². The van der Waals surface area contributed by atoms with Crippen molar-refractivity contribution in [3.8, 4) is 11.4 Å². The molecule has 1 aromatic carbocycles. The second-order valence-corrected chi connectivity index (χ2v) is 3.07. The number of benzene rings is 1. The minimum atomic E-state index is -0.461. The van der Waals surface area contributed by atoms with Crippen LogP contribution in [0, 0.1) is 0 Å². The summed E-state index contributed by atoms with van der Waals surface area (Å²) >= 11 is 0. The smallest absolute Gasteiger partial charge is 0.337 e.